The number of ether oxygens (including phenoxy) is 1. The van der Waals surface area contributed by atoms with Crippen LogP contribution in [0.25, 0.3) is 0 Å². The fraction of sp³-hybridized carbons (Fsp3) is 0.278. The molecule has 0 saturated heterocycles. The maximum Gasteiger partial charge on any atom is 0.244 e. The molecule has 0 heterocycles. The number of hydrogen-bond acceptors (Lipinski definition) is 5. The van der Waals surface area contributed by atoms with Gasteiger partial charge in [0.1, 0.15) is 24.9 Å². The number of nitrogens with one attached hydrogen (secondary N) is 1. The standard InChI is InChI=1S/C36H39Cl2N3O5S/c1-36(2,3)39-35(43)33(21-26-11-7-5-8-12-26)40(23-28-15-16-29(37)22-32(28)38)34(42)24-41(47(4,44)45)30-17-19-31(20-18-30)46-25-27-13-9-6-10-14-27/h5-20,22,33H,21,23-25H2,1-4H3,(H,39,43). The number of sulfonamides is 1. The van der Waals surface area contributed by atoms with Gasteiger partial charge in [0.15, 0.2) is 0 Å². The van der Waals surface area contributed by atoms with Crippen LogP contribution in [0.4, 0.5) is 5.69 Å². The minimum absolute atomic E-state index is 0.0617. The van der Waals surface area contributed by atoms with Crippen molar-refractivity contribution in [2.45, 2.75) is 51.9 Å². The normalized spacial score (nSPS) is 12.2. The predicted molar refractivity (Wildman–Crippen MR) is 188 cm³/mol. The molecule has 2 amide bonds. The van der Waals surface area contributed by atoms with Gasteiger partial charge in [0.2, 0.25) is 21.8 Å². The summed E-state index contributed by atoms with van der Waals surface area (Å²) in [5.74, 6) is -0.431. The van der Waals surface area contributed by atoms with Crippen molar-refractivity contribution in [2.24, 2.45) is 0 Å². The third kappa shape index (κ3) is 10.7. The molecule has 0 spiro atoms. The van der Waals surface area contributed by atoms with Crippen molar-refractivity contribution in [1.82, 2.24) is 10.2 Å². The summed E-state index contributed by atoms with van der Waals surface area (Å²) in [6, 6.07) is 29.4. The lowest BCUT2D eigenvalue weighted by molar-refractivity contribution is -0.140. The van der Waals surface area contributed by atoms with E-state index in [4.69, 9.17) is 27.9 Å². The van der Waals surface area contributed by atoms with Crippen molar-refractivity contribution in [3.05, 3.63) is 130 Å². The van der Waals surface area contributed by atoms with E-state index in [1.54, 1.807) is 42.5 Å². The summed E-state index contributed by atoms with van der Waals surface area (Å²) >= 11 is 12.7. The highest BCUT2D eigenvalue weighted by Gasteiger charge is 2.34. The largest absolute Gasteiger partial charge is 0.489 e. The molecule has 0 aromatic heterocycles. The second-order valence-corrected chi connectivity index (χ2v) is 15.0. The summed E-state index contributed by atoms with van der Waals surface area (Å²) in [5, 5.41) is 3.73. The SMILES string of the molecule is CC(C)(C)NC(=O)C(Cc1ccccc1)N(Cc1ccc(Cl)cc1Cl)C(=O)CN(c1ccc(OCc2ccccc2)cc1)S(C)(=O)=O. The highest BCUT2D eigenvalue weighted by molar-refractivity contribution is 7.92. The lowest BCUT2D eigenvalue weighted by atomic mass is 10.0. The van der Waals surface area contributed by atoms with Gasteiger partial charge in [0.05, 0.1) is 11.9 Å². The Bertz CT molecular complexity index is 1760. The third-order valence-electron chi connectivity index (χ3n) is 7.18. The molecule has 47 heavy (non-hydrogen) atoms. The second-order valence-electron chi connectivity index (χ2n) is 12.2. The van der Waals surface area contributed by atoms with Gasteiger partial charge >= 0.3 is 0 Å². The Hall–Kier alpha value is -4.05. The van der Waals surface area contributed by atoms with Crippen LogP contribution in [0.1, 0.15) is 37.5 Å². The molecule has 1 N–H and O–H groups in total. The Morgan fingerprint density at radius 2 is 1.45 bits per heavy atom. The van der Waals surface area contributed by atoms with Crippen LogP contribution in [0.2, 0.25) is 10.0 Å². The van der Waals surface area contributed by atoms with Crippen molar-refractivity contribution in [3.8, 4) is 5.75 Å². The average Bonchev–Trinajstić information content (AvgIpc) is 3.01. The van der Waals surface area contributed by atoms with Gasteiger partial charge in [-0.3, -0.25) is 13.9 Å². The summed E-state index contributed by atoms with van der Waals surface area (Å²) in [5.41, 5.74) is 2.05. The number of carbonyl (C=O) groups is 2. The van der Waals surface area contributed by atoms with E-state index in [0.29, 0.717) is 28.0 Å². The first kappa shape index (κ1) is 35.8. The van der Waals surface area contributed by atoms with Crippen LogP contribution in [0.15, 0.2) is 103 Å². The molecule has 0 saturated carbocycles. The average molecular weight is 697 g/mol. The topological polar surface area (TPSA) is 96.0 Å². The summed E-state index contributed by atoms with van der Waals surface area (Å²) < 4.78 is 33.1. The molecular weight excluding hydrogens is 657 g/mol. The minimum atomic E-state index is -3.93. The first-order valence-corrected chi connectivity index (χ1v) is 17.6. The van der Waals surface area contributed by atoms with E-state index in [1.165, 1.54) is 4.90 Å². The van der Waals surface area contributed by atoms with Crippen LogP contribution in [0, 0.1) is 0 Å². The molecule has 0 bridgehead atoms. The number of carbonyl (C=O) groups excluding carboxylic acids is 2. The summed E-state index contributed by atoms with van der Waals surface area (Å²) in [7, 11) is -3.93. The second kappa shape index (κ2) is 15.7. The maximum atomic E-state index is 14.3. The zero-order valence-corrected chi connectivity index (χ0v) is 29.1. The summed E-state index contributed by atoms with van der Waals surface area (Å²) in [6.07, 6.45) is 1.22. The van der Waals surface area contributed by atoms with Gasteiger partial charge in [-0.1, -0.05) is 89.9 Å². The van der Waals surface area contributed by atoms with E-state index in [0.717, 1.165) is 21.7 Å². The van der Waals surface area contributed by atoms with E-state index in [1.807, 2.05) is 81.4 Å². The van der Waals surface area contributed by atoms with Crippen molar-refractivity contribution in [2.75, 3.05) is 17.1 Å². The molecule has 0 fully saturated rings. The lowest BCUT2D eigenvalue weighted by Crippen LogP contribution is -2.56. The fourth-order valence-electron chi connectivity index (χ4n) is 4.90. The van der Waals surface area contributed by atoms with Gasteiger partial charge < -0.3 is 15.0 Å². The zero-order chi connectivity index (χ0) is 34.2. The maximum absolute atomic E-state index is 14.3. The van der Waals surface area contributed by atoms with Gasteiger partial charge in [-0.15, -0.1) is 0 Å². The number of hydrogen-bond donors (Lipinski definition) is 1. The van der Waals surface area contributed by atoms with Crippen LogP contribution >= 0.6 is 23.2 Å². The van der Waals surface area contributed by atoms with Crippen LogP contribution in [0.3, 0.4) is 0 Å². The molecule has 4 aromatic rings. The minimum Gasteiger partial charge on any atom is -0.489 e. The third-order valence-corrected chi connectivity index (χ3v) is 8.90. The van der Waals surface area contributed by atoms with Crippen LogP contribution in [-0.4, -0.2) is 49.5 Å². The Morgan fingerprint density at radius 1 is 0.851 bits per heavy atom. The molecule has 4 rings (SSSR count). The highest BCUT2D eigenvalue weighted by atomic mass is 35.5. The smallest absolute Gasteiger partial charge is 0.244 e. The zero-order valence-electron chi connectivity index (χ0n) is 26.8. The summed E-state index contributed by atoms with van der Waals surface area (Å²) in [4.78, 5) is 29.6. The van der Waals surface area contributed by atoms with E-state index < -0.39 is 34.1 Å². The quantitative estimate of drug-likeness (QED) is 0.164. The lowest BCUT2D eigenvalue weighted by Gasteiger charge is -2.35. The van der Waals surface area contributed by atoms with Gasteiger partial charge in [0, 0.05) is 28.5 Å². The van der Waals surface area contributed by atoms with Crippen LogP contribution < -0.4 is 14.4 Å². The molecule has 4 aromatic carbocycles. The van der Waals surface area contributed by atoms with Crippen LogP contribution in [-0.2, 0) is 39.2 Å². The van der Waals surface area contributed by atoms with E-state index >= 15 is 0 Å². The van der Waals surface area contributed by atoms with Gasteiger partial charge in [-0.05, 0) is 73.9 Å². The highest BCUT2D eigenvalue weighted by Crippen LogP contribution is 2.26. The number of amides is 2. The van der Waals surface area contributed by atoms with Gasteiger partial charge in [-0.2, -0.15) is 0 Å². The molecule has 0 aliphatic carbocycles. The molecule has 1 atom stereocenters. The number of nitrogens with zero attached hydrogens (tertiary/aromatic N) is 2. The van der Waals surface area contributed by atoms with E-state index in [-0.39, 0.29) is 24.6 Å². The molecule has 0 aliphatic heterocycles. The Morgan fingerprint density at radius 3 is 2.00 bits per heavy atom. The van der Waals surface area contributed by atoms with Crippen molar-refractivity contribution in [1.29, 1.82) is 0 Å². The molecular formula is C36H39Cl2N3O5S. The molecule has 0 aliphatic rings. The van der Waals surface area contributed by atoms with Crippen LogP contribution in [0.5, 0.6) is 5.75 Å². The predicted octanol–water partition coefficient (Wildman–Crippen LogP) is 6.89. The number of anilines is 1. The Labute approximate surface area is 287 Å². The van der Waals surface area contributed by atoms with E-state index in [2.05, 4.69) is 5.32 Å². The number of benzene rings is 4. The van der Waals surface area contributed by atoms with Crippen molar-refractivity contribution in [3.63, 3.8) is 0 Å². The van der Waals surface area contributed by atoms with Gasteiger partial charge in [0.25, 0.3) is 0 Å². The molecule has 248 valence electrons. The van der Waals surface area contributed by atoms with Crippen molar-refractivity contribution < 1.29 is 22.7 Å². The first-order chi connectivity index (χ1) is 22.2. The van der Waals surface area contributed by atoms with Crippen molar-refractivity contribution >= 4 is 50.7 Å². The molecule has 11 heteroatoms. The molecule has 0 radical (unpaired) electrons. The molecule has 1 unspecified atom stereocenters. The first-order valence-electron chi connectivity index (χ1n) is 15.0. The monoisotopic (exact) mass is 695 g/mol. The number of halogens is 2. The van der Waals surface area contributed by atoms with E-state index in [9.17, 15) is 18.0 Å². The Kier molecular flexibility index (Phi) is 12.0. The fourth-order valence-corrected chi connectivity index (χ4v) is 6.22. The van der Waals surface area contributed by atoms with Gasteiger partial charge in [-0.25, -0.2) is 8.42 Å². The Balaban J connectivity index is 1.68. The number of rotatable bonds is 13. The summed E-state index contributed by atoms with van der Waals surface area (Å²) in [6.45, 7) is 5.29. The molecule has 8 nitrogen and oxygen atoms in total.